The summed E-state index contributed by atoms with van der Waals surface area (Å²) in [5.74, 6) is 1.27. The van der Waals surface area contributed by atoms with Crippen LogP contribution in [0.4, 0.5) is 0 Å². The highest BCUT2D eigenvalue weighted by atomic mass is 32.2. The van der Waals surface area contributed by atoms with Crippen LogP contribution in [0.25, 0.3) is 0 Å². The predicted molar refractivity (Wildman–Crippen MR) is 101 cm³/mol. The van der Waals surface area contributed by atoms with Crippen molar-refractivity contribution in [3.63, 3.8) is 0 Å². The standard InChI is InChI=1S/C20H22N2O4S/c1-14(2)20(15-8-9-17-18(12-15)26-11-5-10-25-17)22-27(23,24)19-7-4-3-6-16(19)13-21/h3-4,6-9,12,14,20,22H,5,10-11H2,1-2H3/t20-/m1/s1. The van der Waals surface area contributed by atoms with Crippen LogP contribution in [0.2, 0.25) is 0 Å². The van der Waals surface area contributed by atoms with Crippen molar-refractivity contribution in [1.82, 2.24) is 4.72 Å². The van der Waals surface area contributed by atoms with Gasteiger partial charge < -0.3 is 9.47 Å². The lowest BCUT2D eigenvalue weighted by Crippen LogP contribution is -2.32. The number of nitriles is 1. The second kappa shape index (κ2) is 7.99. The number of sulfonamides is 1. The van der Waals surface area contributed by atoms with Crippen molar-refractivity contribution in [1.29, 1.82) is 5.26 Å². The monoisotopic (exact) mass is 386 g/mol. The third-order valence-corrected chi connectivity index (χ3v) is 5.88. The van der Waals surface area contributed by atoms with Gasteiger partial charge in [-0.05, 0) is 35.7 Å². The summed E-state index contributed by atoms with van der Waals surface area (Å²) in [5.41, 5.74) is 0.901. The van der Waals surface area contributed by atoms with Crippen molar-refractivity contribution in [2.75, 3.05) is 13.2 Å². The van der Waals surface area contributed by atoms with E-state index < -0.39 is 16.1 Å². The lowest BCUT2D eigenvalue weighted by molar-refractivity contribution is 0.297. The lowest BCUT2D eigenvalue weighted by atomic mass is 9.97. The molecule has 0 bridgehead atoms. The quantitative estimate of drug-likeness (QED) is 0.851. The molecule has 1 heterocycles. The van der Waals surface area contributed by atoms with Crippen molar-refractivity contribution in [3.8, 4) is 17.6 Å². The molecule has 0 saturated carbocycles. The van der Waals surface area contributed by atoms with Gasteiger partial charge in [-0.1, -0.05) is 32.0 Å². The molecule has 0 amide bonds. The molecule has 0 aromatic heterocycles. The maximum Gasteiger partial charge on any atom is 0.242 e. The summed E-state index contributed by atoms with van der Waals surface area (Å²) in [5, 5.41) is 9.23. The van der Waals surface area contributed by atoms with Crippen molar-refractivity contribution >= 4 is 10.0 Å². The first-order valence-corrected chi connectivity index (χ1v) is 10.3. The number of rotatable bonds is 5. The summed E-state index contributed by atoms with van der Waals surface area (Å²) in [4.78, 5) is -0.0208. The van der Waals surface area contributed by atoms with E-state index in [9.17, 15) is 13.7 Å². The van der Waals surface area contributed by atoms with Crippen molar-refractivity contribution in [2.45, 2.75) is 31.2 Å². The Balaban J connectivity index is 1.95. The molecule has 2 aromatic rings. The summed E-state index contributed by atoms with van der Waals surface area (Å²) in [6, 6.07) is 13.1. The van der Waals surface area contributed by atoms with E-state index in [-0.39, 0.29) is 16.4 Å². The summed E-state index contributed by atoms with van der Waals surface area (Å²) < 4.78 is 40.0. The molecule has 142 valence electrons. The van der Waals surface area contributed by atoms with Gasteiger partial charge in [0.25, 0.3) is 0 Å². The zero-order valence-electron chi connectivity index (χ0n) is 15.3. The molecule has 0 aliphatic carbocycles. The molecular weight excluding hydrogens is 364 g/mol. The van der Waals surface area contributed by atoms with Crippen molar-refractivity contribution < 1.29 is 17.9 Å². The van der Waals surface area contributed by atoms with Crippen LogP contribution in [0.5, 0.6) is 11.5 Å². The van der Waals surface area contributed by atoms with Gasteiger partial charge in [-0.3, -0.25) is 0 Å². The Labute approximate surface area is 159 Å². The van der Waals surface area contributed by atoms with Gasteiger partial charge in [0, 0.05) is 12.5 Å². The average molecular weight is 386 g/mol. The average Bonchev–Trinajstić information content (AvgIpc) is 2.90. The van der Waals surface area contributed by atoms with Gasteiger partial charge in [0.1, 0.15) is 6.07 Å². The van der Waals surface area contributed by atoms with Crippen molar-refractivity contribution in [2.24, 2.45) is 5.92 Å². The first-order valence-electron chi connectivity index (χ1n) is 8.83. The van der Waals surface area contributed by atoms with E-state index in [0.717, 1.165) is 12.0 Å². The first kappa shape index (κ1) is 19.2. The summed E-state index contributed by atoms with van der Waals surface area (Å²) in [7, 11) is -3.87. The van der Waals surface area contributed by atoms with Crippen LogP contribution in [0, 0.1) is 17.2 Å². The fraction of sp³-hybridized carbons (Fsp3) is 0.350. The van der Waals surface area contributed by atoms with Crippen LogP contribution in [0.15, 0.2) is 47.4 Å². The molecule has 3 rings (SSSR count). The van der Waals surface area contributed by atoms with Crippen LogP contribution in [0.3, 0.4) is 0 Å². The molecule has 27 heavy (non-hydrogen) atoms. The third-order valence-electron chi connectivity index (χ3n) is 4.38. The van der Waals surface area contributed by atoms with Gasteiger partial charge >= 0.3 is 0 Å². The van der Waals surface area contributed by atoms with Crippen LogP contribution in [-0.4, -0.2) is 21.6 Å². The number of ether oxygens (including phenoxy) is 2. The molecule has 0 unspecified atom stereocenters. The van der Waals surface area contributed by atoms with E-state index in [1.165, 1.54) is 12.1 Å². The van der Waals surface area contributed by atoms with Gasteiger partial charge in [-0.25, -0.2) is 13.1 Å². The van der Waals surface area contributed by atoms with Gasteiger partial charge in [-0.15, -0.1) is 0 Å². The fourth-order valence-electron chi connectivity index (χ4n) is 2.99. The minimum absolute atomic E-state index is 0.0150. The highest BCUT2D eigenvalue weighted by Gasteiger charge is 2.27. The molecule has 0 fully saturated rings. The number of hydrogen-bond donors (Lipinski definition) is 1. The number of nitrogens with zero attached hydrogens (tertiary/aromatic N) is 1. The van der Waals surface area contributed by atoms with E-state index in [1.54, 1.807) is 12.1 Å². The predicted octanol–water partition coefficient (Wildman–Crippen LogP) is 3.40. The molecule has 1 aliphatic rings. The number of fused-ring (bicyclic) bond motifs is 1. The topological polar surface area (TPSA) is 88.4 Å². The minimum Gasteiger partial charge on any atom is -0.490 e. The van der Waals surface area contributed by atoms with Gasteiger partial charge in [0.05, 0.1) is 23.7 Å². The largest absolute Gasteiger partial charge is 0.490 e. The number of benzene rings is 2. The van der Waals surface area contributed by atoms with Crippen LogP contribution in [0.1, 0.15) is 37.4 Å². The Morgan fingerprint density at radius 1 is 1.07 bits per heavy atom. The van der Waals surface area contributed by atoms with Gasteiger partial charge in [0.2, 0.25) is 10.0 Å². The molecule has 7 heteroatoms. The maximum absolute atomic E-state index is 12.9. The Morgan fingerprint density at radius 3 is 2.48 bits per heavy atom. The Kier molecular flexibility index (Phi) is 5.68. The lowest BCUT2D eigenvalue weighted by Gasteiger charge is -2.24. The molecule has 1 aliphatic heterocycles. The van der Waals surface area contributed by atoms with Crippen LogP contribution in [-0.2, 0) is 10.0 Å². The number of nitrogens with one attached hydrogen (secondary N) is 1. The van der Waals surface area contributed by atoms with E-state index in [1.807, 2.05) is 38.1 Å². The molecule has 6 nitrogen and oxygen atoms in total. The highest BCUT2D eigenvalue weighted by molar-refractivity contribution is 7.89. The Hall–Kier alpha value is -2.56. The Bertz CT molecular complexity index is 964. The normalized spacial score (nSPS) is 15.0. The molecule has 0 saturated heterocycles. The van der Waals surface area contributed by atoms with E-state index in [4.69, 9.17) is 9.47 Å². The zero-order valence-corrected chi connectivity index (χ0v) is 16.1. The molecule has 2 aromatic carbocycles. The second-order valence-corrected chi connectivity index (χ2v) is 8.39. The SMILES string of the molecule is CC(C)[C@@H](NS(=O)(=O)c1ccccc1C#N)c1ccc2c(c1)OCCCO2. The molecule has 1 atom stereocenters. The van der Waals surface area contributed by atoms with Gasteiger partial charge in [-0.2, -0.15) is 5.26 Å². The molecule has 1 N–H and O–H groups in total. The van der Waals surface area contributed by atoms with Crippen LogP contribution < -0.4 is 14.2 Å². The van der Waals surface area contributed by atoms with Crippen LogP contribution >= 0.6 is 0 Å². The minimum atomic E-state index is -3.87. The second-order valence-electron chi connectivity index (χ2n) is 6.71. The van der Waals surface area contributed by atoms with E-state index in [0.29, 0.717) is 24.7 Å². The molecular formula is C20H22N2O4S. The summed E-state index contributed by atoms with van der Waals surface area (Å²) >= 11 is 0. The first-order chi connectivity index (χ1) is 12.9. The van der Waals surface area contributed by atoms with E-state index >= 15 is 0 Å². The highest BCUT2D eigenvalue weighted by Crippen LogP contribution is 2.34. The summed E-state index contributed by atoms with van der Waals surface area (Å²) in [6.07, 6.45) is 0.801. The van der Waals surface area contributed by atoms with Crippen molar-refractivity contribution in [3.05, 3.63) is 53.6 Å². The van der Waals surface area contributed by atoms with Gasteiger partial charge in [0.15, 0.2) is 11.5 Å². The smallest absolute Gasteiger partial charge is 0.242 e. The fourth-order valence-corrected chi connectivity index (χ4v) is 4.52. The zero-order chi connectivity index (χ0) is 19.4. The summed E-state index contributed by atoms with van der Waals surface area (Å²) in [6.45, 7) is 5.03. The van der Waals surface area contributed by atoms with E-state index in [2.05, 4.69) is 4.72 Å². The number of hydrogen-bond acceptors (Lipinski definition) is 5. The Morgan fingerprint density at radius 2 is 1.78 bits per heavy atom. The molecule has 0 spiro atoms. The third kappa shape index (κ3) is 4.24. The maximum atomic E-state index is 12.9. The molecule has 0 radical (unpaired) electrons.